The van der Waals surface area contributed by atoms with Crippen LogP contribution in [0.1, 0.15) is 30.7 Å². The van der Waals surface area contributed by atoms with Gasteiger partial charge in [-0.25, -0.2) is 0 Å². The fraction of sp³-hybridized carbons (Fsp3) is 0.393. The Morgan fingerprint density at radius 1 is 1.22 bits per heavy atom. The lowest BCUT2D eigenvalue weighted by Crippen LogP contribution is -2.55. The summed E-state index contributed by atoms with van der Waals surface area (Å²) in [4.78, 5) is 45.5. The highest BCUT2D eigenvalue weighted by Crippen LogP contribution is 2.59. The fourth-order valence-electron chi connectivity index (χ4n) is 7.04. The monoisotopic (exact) mass is 485 g/mol. The summed E-state index contributed by atoms with van der Waals surface area (Å²) in [6.45, 7) is 2.32. The number of hydrogen-bond acceptors (Lipinski definition) is 5. The number of H-pyrrole nitrogens is 1. The van der Waals surface area contributed by atoms with Crippen molar-refractivity contribution in [1.82, 2.24) is 15.2 Å². The Hall–Kier alpha value is -3.65. The summed E-state index contributed by atoms with van der Waals surface area (Å²) in [6, 6.07) is 10.7. The molecule has 3 fully saturated rings. The average Bonchev–Trinajstić information content (AvgIpc) is 3.69. The van der Waals surface area contributed by atoms with E-state index in [0.29, 0.717) is 18.7 Å². The minimum Gasteiger partial charge on any atom is -0.467 e. The van der Waals surface area contributed by atoms with Crippen LogP contribution in [-0.4, -0.2) is 51.8 Å². The molecule has 0 aliphatic carbocycles. The van der Waals surface area contributed by atoms with Gasteiger partial charge in [-0.2, -0.15) is 0 Å². The molecule has 184 valence electrons. The summed E-state index contributed by atoms with van der Waals surface area (Å²) in [7, 11) is 0. The molecular formula is C28H27N3O5. The SMILES string of the molecule is C[C@@H]1C(=O)C[C@H](c2ccco2)N2C(=O)[C@@H]3[C@H](C(=O)NCCc4c[nH]c5ccccc45)[C@H]4C=C[C@@]3(O4)[C@H]12. The van der Waals surface area contributed by atoms with E-state index in [0.717, 1.165) is 16.5 Å². The minimum atomic E-state index is -0.971. The predicted molar refractivity (Wildman–Crippen MR) is 130 cm³/mol. The molecule has 4 aliphatic heterocycles. The number of aromatic nitrogens is 1. The lowest BCUT2D eigenvalue weighted by molar-refractivity contribution is -0.148. The van der Waals surface area contributed by atoms with Gasteiger partial charge < -0.3 is 24.4 Å². The number of ketones is 1. The number of para-hydroxylation sites is 1. The Labute approximate surface area is 207 Å². The maximum absolute atomic E-state index is 14.0. The predicted octanol–water partition coefficient (Wildman–Crippen LogP) is 2.92. The van der Waals surface area contributed by atoms with Gasteiger partial charge >= 0.3 is 0 Å². The number of Topliss-reactive ketones (excluding diaryl/α,β-unsaturated/α-hetero) is 1. The summed E-state index contributed by atoms with van der Waals surface area (Å²) >= 11 is 0. The van der Waals surface area contributed by atoms with Crippen LogP contribution in [0, 0.1) is 17.8 Å². The van der Waals surface area contributed by atoms with Crippen LogP contribution in [0.25, 0.3) is 10.9 Å². The number of carbonyl (C=O) groups excluding carboxylic acids is 3. The van der Waals surface area contributed by atoms with Gasteiger partial charge in [0.05, 0.1) is 36.3 Å². The van der Waals surface area contributed by atoms with Crippen molar-refractivity contribution < 1.29 is 23.5 Å². The number of piperidine rings is 1. The second kappa shape index (κ2) is 7.67. The number of aromatic amines is 1. The molecule has 2 bridgehead atoms. The van der Waals surface area contributed by atoms with Crippen LogP contribution in [0.15, 0.2) is 65.4 Å². The van der Waals surface area contributed by atoms with Gasteiger partial charge in [-0.15, -0.1) is 0 Å². The number of rotatable bonds is 5. The first kappa shape index (κ1) is 21.6. The van der Waals surface area contributed by atoms with Crippen molar-refractivity contribution in [2.24, 2.45) is 17.8 Å². The maximum atomic E-state index is 14.0. The Morgan fingerprint density at radius 3 is 2.92 bits per heavy atom. The number of carbonyl (C=O) groups is 3. The number of fused-ring (bicyclic) bond motifs is 3. The molecular weight excluding hydrogens is 458 g/mol. The molecule has 0 radical (unpaired) electrons. The summed E-state index contributed by atoms with van der Waals surface area (Å²) in [5.41, 5.74) is 1.23. The van der Waals surface area contributed by atoms with Crippen LogP contribution in [0.5, 0.6) is 0 Å². The van der Waals surface area contributed by atoms with Crippen LogP contribution >= 0.6 is 0 Å². The van der Waals surface area contributed by atoms with Crippen molar-refractivity contribution in [2.75, 3.05) is 6.54 Å². The zero-order valence-electron chi connectivity index (χ0n) is 19.8. The number of amides is 2. The van der Waals surface area contributed by atoms with Crippen LogP contribution in [0.4, 0.5) is 0 Å². The molecule has 8 nitrogen and oxygen atoms in total. The van der Waals surface area contributed by atoms with E-state index in [1.807, 2.05) is 43.5 Å². The quantitative estimate of drug-likeness (QED) is 0.541. The summed E-state index contributed by atoms with van der Waals surface area (Å²) in [5, 5.41) is 4.20. The van der Waals surface area contributed by atoms with E-state index >= 15 is 0 Å². The van der Waals surface area contributed by atoms with Crippen molar-refractivity contribution >= 4 is 28.5 Å². The molecule has 36 heavy (non-hydrogen) atoms. The molecule has 1 aromatic carbocycles. The van der Waals surface area contributed by atoms with Crippen molar-refractivity contribution in [2.45, 2.75) is 43.6 Å². The van der Waals surface area contributed by atoms with Crippen LogP contribution < -0.4 is 5.32 Å². The number of benzene rings is 1. The molecule has 0 saturated carbocycles. The third kappa shape index (κ3) is 2.82. The fourth-order valence-corrected chi connectivity index (χ4v) is 7.04. The maximum Gasteiger partial charge on any atom is 0.230 e. The van der Waals surface area contributed by atoms with E-state index in [9.17, 15) is 14.4 Å². The van der Waals surface area contributed by atoms with Crippen LogP contribution in [0.3, 0.4) is 0 Å². The Balaban J connectivity index is 1.15. The molecule has 3 aromatic rings. The highest BCUT2D eigenvalue weighted by molar-refractivity contribution is 5.96. The first-order valence-corrected chi connectivity index (χ1v) is 12.6. The van der Waals surface area contributed by atoms with E-state index in [1.54, 1.807) is 23.3 Å². The molecule has 2 amide bonds. The zero-order chi connectivity index (χ0) is 24.6. The van der Waals surface area contributed by atoms with Gasteiger partial charge in [0, 0.05) is 36.0 Å². The van der Waals surface area contributed by atoms with Crippen molar-refractivity contribution in [1.29, 1.82) is 0 Å². The highest BCUT2D eigenvalue weighted by Gasteiger charge is 2.74. The van der Waals surface area contributed by atoms with Gasteiger partial charge in [0.2, 0.25) is 11.8 Å². The van der Waals surface area contributed by atoms with E-state index in [1.165, 1.54) is 0 Å². The third-order valence-corrected chi connectivity index (χ3v) is 8.62. The number of ether oxygens (including phenoxy) is 1. The summed E-state index contributed by atoms with van der Waals surface area (Å²) in [6.07, 6.45) is 7.75. The Morgan fingerprint density at radius 2 is 2.08 bits per heavy atom. The normalized spacial score (nSPS) is 34.4. The number of furan rings is 1. The average molecular weight is 486 g/mol. The van der Waals surface area contributed by atoms with E-state index < -0.39 is 41.5 Å². The summed E-state index contributed by atoms with van der Waals surface area (Å²) < 4.78 is 12.0. The van der Waals surface area contributed by atoms with Gasteiger partial charge in [-0.05, 0) is 30.2 Å². The van der Waals surface area contributed by atoms with Crippen LogP contribution in [-0.2, 0) is 25.5 Å². The van der Waals surface area contributed by atoms with Gasteiger partial charge in [0.1, 0.15) is 17.1 Å². The van der Waals surface area contributed by atoms with Gasteiger partial charge in [-0.1, -0.05) is 37.3 Å². The standard InChI is InChI=1S/C28H27N3O5/c1-15-20(32)13-19(21-7-4-12-35-21)31-25(15)28-10-8-22(36-28)23(24(28)27(31)34)26(33)29-11-9-16-14-30-18-6-3-2-5-17(16)18/h2-8,10,12,14-15,19,22-25,30H,9,11,13H2,1H3,(H,29,33)/t15-,19-,22-,23-,24+,25+,28+/m1/s1. The largest absolute Gasteiger partial charge is 0.467 e. The first-order valence-electron chi connectivity index (χ1n) is 12.6. The molecule has 7 atom stereocenters. The Kier molecular flexibility index (Phi) is 4.61. The molecule has 3 saturated heterocycles. The molecule has 7 rings (SSSR count). The second-order valence-electron chi connectivity index (χ2n) is 10.4. The second-order valence-corrected chi connectivity index (χ2v) is 10.4. The smallest absolute Gasteiger partial charge is 0.230 e. The lowest BCUT2D eigenvalue weighted by atomic mass is 9.70. The molecule has 8 heteroatoms. The third-order valence-electron chi connectivity index (χ3n) is 8.62. The van der Waals surface area contributed by atoms with Crippen molar-refractivity contribution in [3.8, 4) is 0 Å². The number of nitrogens with one attached hydrogen (secondary N) is 2. The van der Waals surface area contributed by atoms with E-state index in [2.05, 4.69) is 16.4 Å². The number of hydrogen-bond donors (Lipinski definition) is 2. The van der Waals surface area contributed by atoms with Crippen molar-refractivity contribution in [3.63, 3.8) is 0 Å². The minimum absolute atomic E-state index is 0.0764. The van der Waals surface area contributed by atoms with Gasteiger partial charge in [0.25, 0.3) is 0 Å². The van der Waals surface area contributed by atoms with Gasteiger partial charge in [0.15, 0.2) is 0 Å². The molecule has 1 spiro atoms. The summed E-state index contributed by atoms with van der Waals surface area (Å²) in [5.74, 6) is -1.33. The molecule has 2 N–H and O–H groups in total. The zero-order valence-corrected chi connectivity index (χ0v) is 19.8. The van der Waals surface area contributed by atoms with E-state index in [4.69, 9.17) is 9.15 Å². The molecule has 0 unspecified atom stereocenters. The van der Waals surface area contributed by atoms with Crippen LogP contribution in [0.2, 0.25) is 0 Å². The number of nitrogens with zero attached hydrogens (tertiary/aromatic N) is 1. The molecule has 4 aliphatic rings. The van der Waals surface area contributed by atoms with Gasteiger partial charge in [-0.3, -0.25) is 14.4 Å². The van der Waals surface area contributed by atoms with Crippen molar-refractivity contribution in [3.05, 3.63) is 72.3 Å². The molecule has 2 aromatic heterocycles. The van der Waals surface area contributed by atoms with E-state index in [-0.39, 0.29) is 24.0 Å². The Bertz CT molecular complexity index is 1410. The first-order chi connectivity index (χ1) is 17.5. The highest BCUT2D eigenvalue weighted by atomic mass is 16.5. The molecule has 6 heterocycles. The topological polar surface area (TPSA) is 105 Å². The lowest BCUT2D eigenvalue weighted by Gasteiger charge is -2.43.